The maximum absolute atomic E-state index is 12.8. The summed E-state index contributed by atoms with van der Waals surface area (Å²) in [6.07, 6.45) is 1.10. The number of esters is 1. The van der Waals surface area contributed by atoms with Crippen LogP contribution in [0.5, 0.6) is 0 Å². The predicted octanol–water partition coefficient (Wildman–Crippen LogP) is 3.33. The van der Waals surface area contributed by atoms with Crippen LogP contribution in [-0.4, -0.2) is 30.1 Å². The summed E-state index contributed by atoms with van der Waals surface area (Å²) in [6, 6.07) is 15.8. The van der Waals surface area contributed by atoms with Gasteiger partial charge in [0.2, 0.25) is 0 Å². The Morgan fingerprint density at radius 3 is 2.52 bits per heavy atom. The Morgan fingerprint density at radius 1 is 1.11 bits per heavy atom. The van der Waals surface area contributed by atoms with Crippen LogP contribution >= 0.6 is 11.8 Å². The third kappa shape index (κ3) is 4.15. The first-order valence-corrected chi connectivity index (χ1v) is 8.88. The molecule has 0 aromatic heterocycles. The number of amidine groups is 1. The Labute approximate surface area is 160 Å². The van der Waals surface area contributed by atoms with E-state index in [1.807, 2.05) is 19.1 Å². The molecule has 1 aliphatic rings. The average Bonchev–Trinajstić information content (AvgIpc) is 2.97. The molecule has 3 rings (SSSR count). The van der Waals surface area contributed by atoms with Crippen LogP contribution in [0.15, 0.2) is 70.6 Å². The van der Waals surface area contributed by atoms with Gasteiger partial charge in [0.25, 0.3) is 11.8 Å². The van der Waals surface area contributed by atoms with Crippen molar-refractivity contribution in [1.82, 2.24) is 0 Å². The lowest BCUT2D eigenvalue weighted by molar-refractivity contribution is -0.135. The SMILES string of the molecule is COC(=O)C=C1SC(=NC(=O)c2ccccc2)N(c2cccc(C)c2)C1=O. The highest BCUT2D eigenvalue weighted by Crippen LogP contribution is 2.35. The van der Waals surface area contributed by atoms with Crippen molar-refractivity contribution in [3.63, 3.8) is 0 Å². The van der Waals surface area contributed by atoms with E-state index in [2.05, 4.69) is 9.73 Å². The number of carbonyl (C=O) groups is 3. The molecule has 0 bridgehead atoms. The molecule has 0 saturated carbocycles. The molecule has 0 N–H and O–H groups in total. The fraction of sp³-hybridized carbons (Fsp3) is 0.100. The molecule has 1 heterocycles. The minimum atomic E-state index is -0.648. The van der Waals surface area contributed by atoms with E-state index in [1.54, 1.807) is 42.5 Å². The summed E-state index contributed by atoms with van der Waals surface area (Å²) in [6.45, 7) is 1.90. The van der Waals surface area contributed by atoms with Crippen LogP contribution in [0.1, 0.15) is 15.9 Å². The molecule has 0 spiro atoms. The Hall–Kier alpha value is -3.19. The first kappa shape index (κ1) is 18.6. The highest BCUT2D eigenvalue weighted by atomic mass is 32.2. The maximum Gasteiger partial charge on any atom is 0.331 e. The zero-order valence-electron chi connectivity index (χ0n) is 14.7. The quantitative estimate of drug-likeness (QED) is 0.603. The topological polar surface area (TPSA) is 76.0 Å². The predicted molar refractivity (Wildman–Crippen MR) is 105 cm³/mol. The molecule has 27 heavy (non-hydrogen) atoms. The lowest BCUT2D eigenvalue weighted by atomic mass is 10.2. The minimum absolute atomic E-state index is 0.142. The van der Waals surface area contributed by atoms with Gasteiger partial charge in [-0.3, -0.25) is 14.5 Å². The van der Waals surface area contributed by atoms with Gasteiger partial charge in [0.1, 0.15) is 0 Å². The third-order valence-corrected chi connectivity index (χ3v) is 4.70. The summed E-state index contributed by atoms with van der Waals surface area (Å²) in [5, 5.41) is 0.189. The molecule has 0 atom stereocenters. The Morgan fingerprint density at radius 2 is 1.85 bits per heavy atom. The second kappa shape index (κ2) is 8.01. The number of anilines is 1. The van der Waals surface area contributed by atoms with Crippen molar-refractivity contribution in [2.45, 2.75) is 6.92 Å². The van der Waals surface area contributed by atoms with Crippen LogP contribution < -0.4 is 4.90 Å². The van der Waals surface area contributed by atoms with E-state index in [4.69, 9.17) is 0 Å². The smallest absolute Gasteiger partial charge is 0.331 e. The van der Waals surface area contributed by atoms with Crippen molar-refractivity contribution in [1.29, 1.82) is 0 Å². The number of thioether (sulfide) groups is 1. The lowest BCUT2D eigenvalue weighted by Crippen LogP contribution is -2.29. The zero-order chi connectivity index (χ0) is 19.4. The number of ether oxygens (including phenoxy) is 1. The van der Waals surface area contributed by atoms with Gasteiger partial charge in [-0.25, -0.2) is 4.79 Å². The van der Waals surface area contributed by atoms with E-state index in [-0.39, 0.29) is 10.1 Å². The third-order valence-electron chi connectivity index (χ3n) is 3.73. The number of hydrogen-bond donors (Lipinski definition) is 0. The molecule has 6 nitrogen and oxygen atoms in total. The van der Waals surface area contributed by atoms with Gasteiger partial charge in [0, 0.05) is 11.6 Å². The van der Waals surface area contributed by atoms with Crippen LogP contribution in [0.2, 0.25) is 0 Å². The Kier molecular flexibility index (Phi) is 5.52. The van der Waals surface area contributed by atoms with Gasteiger partial charge in [-0.2, -0.15) is 4.99 Å². The summed E-state index contributed by atoms with van der Waals surface area (Å²) < 4.78 is 4.60. The highest BCUT2D eigenvalue weighted by molar-refractivity contribution is 8.19. The number of carbonyl (C=O) groups excluding carboxylic acids is 3. The second-order valence-corrected chi connectivity index (χ2v) is 6.69. The van der Waals surface area contributed by atoms with Gasteiger partial charge in [0.15, 0.2) is 5.17 Å². The summed E-state index contributed by atoms with van der Waals surface area (Å²) in [4.78, 5) is 42.5. The molecule has 2 aromatic rings. The summed E-state index contributed by atoms with van der Waals surface area (Å²) in [5.74, 6) is -1.55. The van der Waals surface area contributed by atoms with Crippen LogP contribution in [0.3, 0.4) is 0 Å². The molecule has 1 saturated heterocycles. The van der Waals surface area contributed by atoms with E-state index in [1.165, 1.54) is 12.0 Å². The lowest BCUT2D eigenvalue weighted by Gasteiger charge is -2.15. The normalized spacial score (nSPS) is 16.8. The summed E-state index contributed by atoms with van der Waals surface area (Å²) in [7, 11) is 1.23. The molecule has 2 amide bonds. The summed E-state index contributed by atoms with van der Waals surface area (Å²) in [5.41, 5.74) is 1.93. The molecule has 0 aliphatic carbocycles. The number of rotatable bonds is 3. The highest BCUT2D eigenvalue weighted by Gasteiger charge is 2.36. The van der Waals surface area contributed by atoms with Crippen LogP contribution in [-0.2, 0) is 14.3 Å². The second-order valence-electron chi connectivity index (χ2n) is 5.68. The van der Waals surface area contributed by atoms with Crippen LogP contribution in [0.25, 0.3) is 0 Å². The van der Waals surface area contributed by atoms with E-state index < -0.39 is 17.8 Å². The number of benzene rings is 2. The molecule has 136 valence electrons. The van der Waals surface area contributed by atoms with Crippen molar-refractivity contribution in [3.8, 4) is 0 Å². The van der Waals surface area contributed by atoms with Crippen LogP contribution in [0, 0.1) is 6.92 Å². The molecular formula is C20H16N2O4S. The van der Waals surface area contributed by atoms with Crippen molar-refractivity contribution < 1.29 is 19.1 Å². The van der Waals surface area contributed by atoms with Crippen molar-refractivity contribution in [3.05, 3.63) is 76.7 Å². The number of amides is 2. The minimum Gasteiger partial charge on any atom is -0.466 e. The van der Waals surface area contributed by atoms with E-state index >= 15 is 0 Å². The molecule has 1 fully saturated rings. The van der Waals surface area contributed by atoms with Gasteiger partial charge in [-0.1, -0.05) is 30.3 Å². The Balaban J connectivity index is 2.04. The van der Waals surface area contributed by atoms with Crippen molar-refractivity contribution in [2.75, 3.05) is 12.0 Å². The molecule has 7 heteroatoms. The van der Waals surface area contributed by atoms with Crippen molar-refractivity contribution >= 4 is 40.4 Å². The number of methoxy groups -OCH3 is 1. The van der Waals surface area contributed by atoms with Gasteiger partial charge >= 0.3 is 5.97 Å². The first-order valence-electron chi connectivity index (χ1n) is 8.06. The number of aliphatic imine (C=N–C) groups is 1. The van der Waals surface area contributed by atoms with E-state index in [0.717, 1.165) is 23.4 Å². The molecule has 1 aliphatic heterocycles. The fourth-order valence-corrected chi connectivity index (χ4v) is 3.38. The average molecular weight is 380 g/mol. The molecular weight excluding hydrogens is 364 g/mol. The van der Waals surface area contributed by atoms with Gasteiger partial charge in [0.05, 0.1) is 17.7 Å². The first-order chi connectivity index (χ1) is 13.0. The van der Waals surface area contributed by atoms with Gasteiger partial charge in [-0.05, 0) is 48.5 Å². The van der Waals surface area contributed by atoms with Crippen LogP contribution in [0.4, 0.5) is 5.69 Å². The molecule has 2 aromatic carbocycles. The zero-order valence-corrected chi connectivity index (χ0v) is 15.5. The largest absolute Gasteiger partial charge is 0.466 e. The monoisotopic (exact) mass is 380 g/mol. The maximum atomic E-state index is 12.8. The number of hydrogen-bond acceptors (Lipinski definition) is 5. The standard InChI is InChI=1S/C20H16N2O4S/c1-13-7-6-10-15(11-13)22-19(25)16(12-17(23)26-2)27-20(22)21-18(24)14-8-4-3-5-9-14/h3-12H,1-2H3. The fourth-order valence-electron chi connectivity index (χ4n) is 2.44. The number of aryl methyl sites for hydroxylation is 1. The molecule has 0 radical (unpaired) electrons. The van der Waals surface area contributed by atoms with E-state index in [0.29, 0.717) is 11.3 Å². The summed E-state index contributed by atoms with van der Waals surface area (Å²) >= 11 is 0.960. The van der Waals surface area contributed by atoms with Gasteiger partial charge in [-0.15, -0.1) is 0 Å². The Bertz CT molecular complexity index is 967. The number of nitrogens with zero attached hydrogens (tertiary/aromatic N) is 2. The van der Waals surface area contributed by atoms with Gasteiger partial charge < -0.3 is 4.74 Å². The van der Waals surface area contributed by atoms with Crippen molar-refractivity contribution in [2.24, 2.45) is 4.99 Å². The van der Waals surface area contributed by atoms with E-state index in [9.17, 15) is 14.4 Å². The molecule has 0 unspecified atom stereocenters.